The van der Waals surface area contributed by atoms with Gasteiger partial charge in [-0.3, -0.25) is 0 Å². The fourth-order valence-corrected chi connectivity index (χ4v) is 3.93. The summed E-state index contributed by atoms with van der Waals surface area (Å²) in [6.45, 7) is 2.20. The predicted octanol–water partition coefficient (Wildman–Crippen LogP) is 4.57. The van der Waals surface area contributed by atoms with Crippen LogP contribution in [0.1, 0.15) is 43.4 Å². The van der Waals surface area contributed by atoms with Gasteiger partial charge in [0.25, 0.3) is 0 Å². The Labute approximate surface area is 111 Å². The maximum atomic E-state index is 3.53. The number of hydrogen-bond acceptors (Lipinski definition) is 2. The number of nitrogens with one attached hydrogen (secondary N) is 1. The number of halogens is 1. The summed E-state index contributed by atoms with van der Waals surface area (Å²) in [5.41, 5.74) is 0. The van der Waals surface area contributed by atoms with Gasteiger partial charge >= 0.3 is 0 Å². The average molecular weight is 302 g/mol. The summed E-state index contributed by atoms with van der Waals surface area (Å²) >= 11 is 5.32. The van der Waals surface area contributed by atoms with Crippen LogP contribution in [-0.2, 0) is 6.54 Å². The molecule has 0 aromatic carbocycles. The lowest BCUT2D eigenvalue weighted by molar-refractivity contribution is 0.471. The van der Waals surface area contributed by atoms with E-state index in [9.17, 15) is 0 Å². The number of rotatable bonds is 6. The van der Waals surface area contributed by atoms with Crippen LogP contribution in [0.4, 0.5) is 0 Å². The molecule has 1 nitrogen and oxygen atoms in total. The number of hydrogen-bond donors (Lipinski definition) is 1. The molecule has 0 bridgehead atoms. The molecule has 1 fully saturated rings. The van der Waals surface area contributed by atoms with Crippen LogP contribution in [0, 0.1) is 5.92 Å². The molecular weight excluding hydrogens is 282 g/mol. The molecule has 0 aliphatic heterocycles. The highest BCUT2D eigenvalue weighted by Gasteiger charge is 2.13. The molecule has 0 spiro atoms. The third kappa shape index (κ3) is 4.19. The van der Waals surface area contributed by atoms with E-state index in [0.717, 1.165) is 12.5 Å². The molecule has 0 unspecified atom stereocenters. The molecule has 1 aliphatic rings. The molecule has 1 aromatic heterocycles. The lowest BCUT2D eigenvalue weighted by Crippen LogP contribution is -2.14. The lowest BCUT2D eigenvalue weighted by Gasteiger charge is -2.08. The molecule has 1 saturated carbocycles. The maximum absolute atomic E-state index is 3.53. The van der Waals surface area contributed by atoms with E-state index in [0.29, 0.717) is 0 Å². The van der Waals surface area contributed by atoms with Crippen molar-refractivity contribution >= 4 is 27.3 Å². The van der Waals surface area contributed by atoms with Crippen LogP contribution >= 0.6 is 27.3 Å². The van der Waals surface area contributed by atoms with Gasteiger partial charge in [0.15, 0.2) is 0 Å². The van der Waals surface area contributed by atoms with Gasteiger partial charge < -0.3 is 5.32 Å². The van der Waals surface area contributed by atoms with Crippen molar-refractivity contribution in [3.8, 4) is 0 Å². The standard InChI is InChI=1S/C13H20BrNS/c14-13-8-7-12(16-13)10-15-9-3-6-11-4-1-2-5-11/h7-8,11,15H,1-6,9-10H2. The van der Waals surface area contributed by atoms with E-state index < -0.39 is 0 Å². The van der Waals surface area contributed by atoms with Crippen molar-refractivity contribution in [3.63, 3.8) is 0 Å². The van der Waals surface area contributed by atoms with Gasteiger partial charge in [0.2, 0.25) is 0 Å². The van der Waals surface area contributed by atoms with Crippen molar-refractivity contribution in [2.45, 2.75) is 45.1 Å². The highest BCUT2D eigenvalue weighted by atomic mass is 79.9. The normalized spacial score (nSPS) is 17.1. The van der Waals surface area contributed by atoms with Crippen LogP contribution in [0.25, 0.3) is 0 Å². The van der Waals surface area contributed by atoms with Crippen molar-refractivity contribution in [2.24, 2.45) is 5.92 Å². The van der Waals surface area contributed by atoms with Crippen LogP contribution in [0.2, 0.25) is 0 Å². The first-order valence-corrected chi connectivity index (χ1v) is 7.90. The minimum Gasteiger partial charge on any atom is -0.312 e. The second-order valence-electron chi connectivity index (χ2n) is 4.68. The zero-order valence-corrected chi connectivity index (χ0v) is 12.1. The molecule has 1 aromatic rings. The third-order valence-corrected chi connectivity index (χ3v) is 4.99. The maximum Gasteiger partial charge on any atom is 0.0701 e. The summed E-state index contributed by atoms with van der Waals surface area (Å²) < 4.78 is 1.23. The molecule has 90 valence electrons. The molecule has 16 heavy (non-hydrogen) atoms. The average Bonchev–Trinajstić information content (AvgIpc) is 2.89. The molecule has 2 rings (SSSR count). The van der Waals surface area contributed by atoms with Gasteiger partial charge in [-0.25, -0.2) is 0 Å². The van der Waals surface area contributed by atoms with Crippen molar-refractivity contribution < 1.29 is 0 Å². The molecule has 0 amide bonds. The molecular formula is C13H20BrNS. The van der Waals surface area contributed by atoms with Crippen LogP contribution in [0.5, 0.6) is 0 Å². The van der Waals surface area contributed by atoms with E-state index in [4.69, 9.17) is 0 Å². The van der Waals surface area contributed by atoms with Crippen molar-refractivity contribution in [1.29, 1.82) is 0 Å². The zero-order valence-electron chi connectivity index (χ0n) is 9.68. The van der Waals surface area contributed by atoms with E-state index in [2.05, 4.69) is 33.4 Å². The van der Waals surface area contributed by atoms with Gasteiger partial charge in [-0.05, 0) is 53.4 Å². The first-order chi connectivity index (χ1) is 7.84. The summed E-state index contributed by atoms with van der Waals surface area (Å²) in [6.07, 6.45) is 8.69. The Morgan fingerprint density at radius 3 is 2.81 bits per heavy atom. The van der Waals surface area contributed by atoms with Gasteiger partial charge in [-0.15, -0.1) is 11.3 Å². The zero-order chi connectivity index (χ0) is 11.2. The van der Waals surface area contributed by atoms with Gasteiger partial charge in [0.1, 0.15) is 0 Å². The Hall–Kier alpha value is 0.140. The van der Waals surface area contributed by atoms with Crippen molar-refractivity contribution in [2.75, 3.05) is 6.54 Å². The molecule has 0 radical (unpaired) electrons. The monoisotopic (exact) mass is 301 g/mol. The third-order valence-electron chi connectivity index (χ3n) is 3.37. The van der Waals surface area contributed by atoms with Crippen molar-refractivity contribution in [1.82, 2.24) is 5.32 Å². The second kappa shape index (κ2) is 6.77. The molecule has 3 heteroatoms. The Bertz CT molecular complexity index is 305. The Morgan fingerprint density at radius 2 is 2.12 bits per heavy atom. The van der Waals surface area contributed by atoms with E-state index in [1.165, 1.54) is 53.7 Å². The molecule has 0 atom stereocenters. The molecule has 1 heterocycles. The topological polar surface area (TPSA) is 12.0 Å². The van der Waals surface area contributed by atoms with Crippen LogP contribution in [0.15, 0.2) is 15.9 Å². The summed E-state index contributed by atoms with van der Waals surface area (Å²) in [5.74, 6) is 1.04. The summed E-state index contributed by atoms with van der Waals surface area (Å²) in [5, 5.41) is 3.53. The van der Waals surface area contributed by atoms with E-state index >= 15 is 0 Å². The van der Waals surface area contributed by atoms with E-state index in [-0.39, 0.29) is 0 Å². The summed E-state index contributed by atoms with van der Waals surface area (Å²) in [4.78, 5) is 1.42. The predicted molar refractivity (Wildman–Crippen MR) is 74.9 cm³/mol. The highest BCUT2D eigenvalue weighted by molar-refractivity contribution is 9.11. The van der Waals surface area contributed by atoms with Crippen LogP contribution in [0.3, 0.4) is 0 Å². The fourth-order valence-electron chi connectivity index (χ4n) is 2.47. The molecule has 1 N–H and O–H groups in total. The first kappa shape index (κ1) is 12.6. The van der Waals surface area contributed by atoms with Gasteiger partial charge in [-0.1, -0.05) is 25.7 Å². The highest BCUT2D eigenvalue weighted by Crippen LogP contribution is 2.28. The largest absolute Gasteiger partial charge is 0.312 e. The molecule has 0 saturated heterocycles. The minimum atomic E-state index is 1.03. The first-order valence-electron chi connectivity index (χ1n) is 6.29. The Morgan fingerprint density at radius 1 is 1.31 bits per heavy atom. The van der Waals surface area contributed by atoms with Crippen molar-refractivity contribution in [3.05, 3.63) is 20.8 Å². The summed E-state index contributed by atoms with van der Waals surface area (Å²) in [6, 6.07) is 4.32. The van der Waals surface area contributed by atoms with Gasteiger partial charge in [-0.2, -0.15) is 0 Å². The van der Waals surface area contributed by atoms with Gasteiger partial charge in [0.05, 0.1) is 3.79 Å². The Balaban J connectivity index is 1.51. The minimum absolute atomic E-state index is 1.03. The van der Waals surface area contributed by atoms with Crippen LogP contribution < -0.4 is 5.32 Å². The van der Waals surface area contributed by atoms with Crippen LogP contribution in [-0.4, -0.2) is 6.54 Å². The summed E-state index contributed by atoms with van der Waals surface area (Å²) in [7, 11) is 0. The van der Waals surface area contributed by atoms with Gasteiger partial charge in [0, 0.05) is 11.4 Å². The Kier molecular flexibility index (Phi) is 5.33. The SMILES string of the molecule is Brc1ccc(CNCCCC2CCCC2)s1. The lowest BCUT2D eigenvalue weighted by atomic mass is 10.0. The number of thiophene rings is 1. The van der Waals surface area contributed by atoms with E-state index in [1.54, 1.807) is 0 Å². The second-order valence-corrected chi connectivity index (χ2v) is 7.22. The van der Waals surface area contributed by atoms with E-state index in [1.807, 2.05) is 11.3 Å². The molecule has 1 aliphatic carbocycles. The smallest absolute Gasteiger partial charge is 0.0701 e. The quantitative estimate of drug-likeness (QED) is 0.759. The fraction of sp³-hybridized carbons (Fsp3) is 0.692.